The maximum absolute atomic E-state index is 10.7. The van der Waals surface area contributed by atoms with Gasteiger partial charge in [0.15, 0.2) is 23.2 Å². The van der Waals surface area contributed by atoms with Crippen molar-refractivity contribution in [3.05, 3.63) is 83.9 Å². The molecule has 37 heavy (non-hydrogen) atoms. The molecule has 5 rings (SSSR count). The Labute approximate surface area is 214 Å². The van der Waals surface area contributed by atoms with Gasteiger partial charge in [0.05, 0.1) is 25.4 Å². The zero-order chi connectivity index (χ0) is 25.8. The number of hydrogen-bond acceptors (Lipinski definition) is 9. The molecule has 0 spiro atoms. The highest BCUT2D eigenvalue weighted by atomic mass is 16.6. The van der Waals surface area contributed by atoms with Gasteiger partial charge >= 0.3 is 0 Å². The summed E-state index contributed by atoms with van der Waals surface area (Å²) in [5, 5.41) is 33.8. The van der Waals surface area contributed by atoms with Crippen LogP contribution in [0, 0.1) is 11.3 Å². The lowest BCUT2D eigenvalue weighted by Gasteiger charge is -2.20. The van der Waals surface area contributed by atoms with Crippen LogP contribution in [0.4, 0.5) is 5.82 Å². The molecule has 0 bridgehead atoms. The molecular weight excluding hydrogens is 472 g/mol. The Morgan fingerprint density at radius 3 is 2.35 bits per heavy atom. The molecule has 4 aromatic rings. The highest BCUT2D eigenvalue weighted by Crippen LogP contribution is 2.33. The fraction of sp³-hybridized carbons (Fsp3) is 0.333. The molecule has 3 heterocycles. The molecule has 0 radical (unpaired) electrons. The highest BCUT2D eigenvalue weighted by Gasteiger charge is 2.44. The largest absolute Gasteiger partial charge is 0.387 e. The van der Waals surface area contributed by atoms with Crippen LogP contribution < -0.4 is 5.32 Å². The summed E-state index contributed by atoms with van der Waals surface area (Å²) in [6, 6.07) is 22.5. The maximum Gasteiger partial charge on any atom is 0.168 e. The van der Waals surface area contributed by atoms with Crippen molar-refractivity contribution in [1.82, 2.24) is 19.5 Å². The molecule has 4 atom stereocenters. The summed E-state index contributed by atoms with van der Waals surface area (Å²) in [5.74, 6) is 0.836. The molecule has 3 N–H and O–H groups in total. The van der Waals surface area contributed by atoms with Crippen LogP contribution in [0.5, 0.6) is 0 Å². The van der Waals surface area contributed by atoms with Gasteiger partial charge in [-0.15, -0.1) is 0 Å². The van der Waals surface area contributed by atoms with Crippen LogP contribution in [0.15, 0.2) is 67.0 Å². The second-order valence-electron chi connectivity index (χ2n) is 8.90. The smallest absolute Gasteiger partial charge is 0.168 e. The third-order valence-corrected chi connectivity index (χ3v) is 6.52. The van der Waals surface area contributed by atoms with Gasteiger partial charge in [0.25, 0.3) is 0 Å². The molecule has 0 saturated carbocycles. The van der Waals surface area contributed by atoms with E-state index >= 15 is 0 Å². The number of aliphatic hydroxyl groups is 2. The number of anilines is 1. The van der Waals surface area contributed by atoms with E-state index in [9.17, 15) is 15.5 Å². The van der Waals surface area contributed by atoms with Gasteiger partial charge in [-0.1, -0.05) is 60.7 Å². The maximum atomic E-state index is 10.7. The van der Waals surface area contributed by atoms with Gasteiger partial charge in [-0.25, -0.2) is 15.0 Å². The van der Waals surface area contributed by atoms with Crippen molar-refractivity contribution >= 4 is 17.0 Å². The summed E-state index contributed by atoms with van der Waals surface area (Å²) in [6.07, 6.45) is -2.44. The van der Waals surface area contributed by atoms with Crippen molar-refractivity contribution in [2.24, 2.45) is 0 Å². The van der Waals surface area contributed by atoms with Crippen molar-refractivity contribution in [3.8, 4) is 6.07 Å². The number of nitrogens with zero attached hydrogens (tertiary/aromatic N) is 5. The van der Waals surface area contributed by atoms with E-state index in [4.69, 9.17) is 9.47 Å². The third-order valence-electron chi connectivity index (χ3n) is 6.52. The van der Waals surface area contributed by atoms with E-state index in [1.165, 1.54) is 13.4 Å². The number of methoxy groups -OCH3 is 1. The second-order valence-corrected chi connectivity index (χ2v) is 8.90. The van der Waals surface area contributed by atoms with E-state index in [1.54, 1.807) is 4.57 Å². The number of ether oxygens (including phenoxy) is 2. The SMILES string of the molecule is COC[C@H]1O[C@@H](n2cnc3c(NCC(c4ccccc4)c4ccccc4)nc(CC#N)nc32)[C@@H](O)[C@@H]1O. The molecule has 2 aromatic carbocycles. The Kier molecular flexibility index (Phi) is 7.39. The lowest BCUT2D eigenvalue weighted by atomic mass is 9.91. The lowest BCUT2D eigenvalue weighted by Crippen LogP contribution is -2.33. The summed E-state index contributed by atoms with van der Waals surface area (Å²) >= 11 is 0. The molecule has 190 valence electrons. The van der Waals surface area contributed by atoms with E-state index < -0.39 is 24.5 Å². The first-order valence-electron chi connectivity index (χ1n) is 12.1. The summed E-state index contributed by atoms with van der Waals surface area (Å²) < 4.78 is 12.6. The first-order valence-corrected chi connectivity index (χ1v) is 12.1. The van der Waals surface area contributed by atoms with E-state index in [0.29, 0.717) is 29.4 Å². The van der Waals surface area contributed by atoms with Crippen molar-refractivity contribution in [3.63, 3.8) is 0 Å². The monoisotopic (exact) mass is 500 g/mol. The van der Waals surface area contributed by atoms with Crippen molar-refractivity contribution in [2.45, 2.75) is 36.9 Å². The van der Waals surface area contributed by atoms with Gasteiger partial charge in [0, 0.05) is 19.6 Å². The van der Waals surface area contributed by atoms with E-state index in [0.717, 1.165) is 11.1 Å². The first-order chi connectivity index (χ1) is 18.1. The zero-order valence-corrected chi connectivity index (χ0v) is 20.3. The Balaban J connectivity index is 1.49. The fourth-order valence-electron chi connectivity index (χ4n) is 4.68. The van der Waals surface area contributed by atoms with Crippen LogP contribution in [-0.4, -0.2) is 68.3 Å². The molecule has 2 aromatic heterocycles. The van der Waals surface area contributed by atoms with Gasteiger partial charge in [-0.05, 0) is 11.1 Å². The number of imidazole rings is 1. The summed E-state index contributed by atoms with van der Waals surface area (Å²) in [6.45, 7) is 0.652. The number of rotatable bonds is 9. The summed E-state index contributed by atoms with van der Waals surface area (Å²) in [7, 11) is 1.50. The van der Waals surface area contributed by atoms with E-state index in [1.807, 2.05) is 36.4 Å². The topological polar surface area (TPSA) is 138 Å². The number of aromatic nitrogens is 4. The van der Waals surface area contributed by atoms with E-state index in [2.05, 4.69) is 50.6 Å². The first kappa shape index (κ1) is 24.8. The second kappa shape index (κ2) is 11.0. The Morgan fingerprint density at radius 1 is 1.05 bits per heavy atom. The van der Waals surface area contributed by atoms with Gasteiger partial charge in [-0.3, -0.25) is 4.57 Å². The Bertz CT molecular complexity index is 1330. The van der Waals surface area contributed by atoms with Crippen LogP contribution >= 0.6 is 0 Å². The molecule has 1 fully saturated rings. The standard InChI is InChI=1S/C27H28N6O4/c1-36-15-20-23(34)24(35)27(37-20)33-16-30-22-25(31-21(12-13-28)32-26(22)33)29-14-19(17-8-4-2-5-9-17)18-10-6-3-7-11-18/h2-11,16,19-20,23-24,27,34-35H,12,14-15H2,1H3,(H,29,31,32)/t20-,23-,24+,27-/m1/s1. The van der Waals surface area contributed by atoms with Gasteiger partial charge in [0.1, 0.15) is 24.1 Å². The van der Waals surface area contributed by atoms with Crippen LogP contribution in [0.3, 0.4) is 0 Å². The Hall–Kier alpha value is -3.88. The van der Waals surface area contributed by atoms with Crippen molar-refractivity contribution in [1.29, 1.82) is 5.26 Å². The molecule has 0 amide bonds. The molecule has 10 heteroatoms. The minimum atomic E-state index is -1.20. The number of nitriles is 1. The predicted molar refractivity (Wildman–Crippen MR) is 136 cm³/mol. The van der Waals surface area contributed by atoms with Gasteiger partial charge < -0.3 is 25.0 Å². The fourth-order valence-corrected chi connectivity index (χ4v) is 4.68. The van der Waals surface area contributed by atoms with Crippen LogP contribution in [0.1, 0.15) is 29.1 Å². The van der Waals surface area contributed by atoms with Crippen molar-refractivity contribution < 1.29 is 19.7 Å². The van der Waals surface area contributed by atoms with Crippen LogP contribution in [0.25, 0.3) is 11.2 Å². The number of benzene rings is 2. The average Bonchev–Trinajstić information content (AvgIpc) is 3.47. The summed E-state index contributed by atoms with van der Waals surface area (Å²) in [5.41, 5.74) is 3.17. The van der Waals surface area contributed by atoms with Gasteiger partial charge in [-0.2, -0.15) is 5.26 Å². The molecule has 1 saturated heterocycles. The minimum Gasteiger partial charge on any atom is -0.387 e. The Morgan fingerprint density at radius 2 is 1.73 bits per heavy atom. The highest BCUT2D eigenvalue weighted by molar-refractivity contribution is 5.83. The molecular formula is C27H28N6O4. The lowest BCUT2D eigenvalue weighted by molar-refractivity contribution is -0.0580. The van der Waals surface area contributed by atoms with Crippen molar-refractivity contribution in [2.75, 3.05) is 25.6 Å². The predicted octanol–water partition coefficient (Wildman–Crippen LogP) is 2.40. The summed E-state index contributed by atoms with van der Waals surface area (Å²) in [4.78, 5) is 13.6. The van der Waals surface area contributed by atoms with E-state index in [-0.39, 0.29) is 18.9 Å². The zero-order valence-electron chi connectivity index (χ0n) is 20.3. The molecule has 0 unspecified atom stereocenters. The quantitative estimate of drug-likeness (QED) is 0.316. The normalized spacial score (nSPS) is 21.4. The number of fused-ring (bicyclic) bond motifs is 1. The third kappa shape index (κ3) is 5.03. The molecule has 1 aliphatic rings. The number of aliphatic hydroxyl groups excluding tert-OH is 2. The average molecular weight is 501 g/mol. The van der Waals surface area contributed by atoms with Crippen LogP contribution in [-0.2, 0) is 15.9 Å². The van der Waals surface area contributed by atoms with Crippen LogP contribution in [0.2, 0.25) is 0 Å². The van der Waals surface area contributed by atoms with Gasteiger partial charge in [0.2, 0.25) is 0 Å². The molecule has 0 aliphatic carbocycles. The number of nitrogens with one attached hydrogen (secondary N) is 1. The number of hydrogen-bond donors (Lipinski definition) is 3. The minimum absolute atomic E-state index is 0.000396. The molecule has 10 nitrogen and oxygen atoms in total. The molecule has 1 aliphatic heterocycles.